The Balaban J connectivity index is 2.45. The fraction of sp³-hybridized carbons (Fsp3) is 0.562. The van der Waals surface area contributed by atoms with Crippen molar-refractivity contribution in [3.05, 3.63) is 35.4 Å². The minimum Gasteiger partial charge on any atom is -0.332 e. The number of nitrogens with two attached hydrogens (primary N) is 1. The predicted molar refractivity (Wildman–Crippen MR) is 77.8 cm³/mol. The number of benzene rings is 1. The van der Waals surface area contributed by atoms with E-state index in [0.717, 1.165) is 12.8 Å². The maximum absolute atomic E-state index is 12.2. The molecule has 3 heteroatoms. The van der Waals surface area contributed by atoms with Crippen LogP contribution in [-0.2, 0) is 11.2 Å². The van der Waals surface area contributed by atoms with Crippen molar-refractivity contribution in [3.8, 4) is 0 Å². The average Bonchev–Trinajstić information content (AvgIpc) is 2.40. The summed E-state index contributed by atoms with van der Waals surface area (Å²) >= 11 is 0. The second kappa shape index (κ2) is 5.74. The molecule has 0 spiro atoms. The molecule has 1 aliphatic rings. The topological polar surface area (TPSA) is 46.3 Å². The van der Waals surface area contributed by atoms with E-state index in [0.29, 0.717) is 6.42 Å². The summed E-state index contributed by atoms with van der Waals surface area (Å²) in [6.07, 6.45) is 2.33. The highest BCUT2D eigenvalue weighted by Gasteiger charge is 2.36. The molecule has 104 valence electrons. The monoisotopic (exact) mass is 260 g/mol. The predicted octanol–water partition coefficient (Wildman–Crippen LogP) is 2.65. The SMILES string of the molecule is CCc1ccccc1C1C(N)CCC(=O)N1C(C)C. The third kappa shape index (κ3) is 2.66. The van der Waals surface area contributed by atoms with Crippen molar-refractivity contribution < 1.29 is 4.79 Å². The van der Waals surface area contributed by atoms with Crippen molar-refractivity contribution in [3.63, 3.8) is 0 Å². The van der Waals surface area contributed by atoms with Crippen LogP contribution in [0.4, 0.5) is 0 Å². The van der Waals surface area contributed by atoms with E-state index in [-0.39, 0.29) is 24.0 Å². The summed E-state index contributed by atoms with van der Waals surface area (Å²) in [6.45, 7) is 6.28. The lowest BCUT2D eigenvalue weighted by Crippen LogP contribution is -2.51. The fourth-order valence-corrected chi connectivity index (χ4v) is 3.07. The molecule has 1 aromatic rings. The first-order valence-electron chi connectivity index (χ1n) is 7.20. The third-order valence-electron chi connectivity index (χ3n) is 4.00. The van der Waals surface area contributed by atoms with Crippen LogP contribution in [0.25, 0.3) is 0 Å². The van der Waals surface area contributed by atoms with E-state index in [1.165, 1.54) is 11.1 Å². The van der Waals surface area contributed by atoms with Crippen LogP contribution >= 0.6 is 0 Å². The van der Waals surface area contributed by atoms with Gasteiger partial charge in [-0.05, 0) is 37.8 Å². The molecular weight excluding hydrogens is 236 g/mol. The summed E-state index contributed by atoms with van der Waals surface area (Å²) in [5.41, 5.74) is 8.85. The highest BCUT2D eigenvalue weighted by Crippen LogP contribution is 2.34. The van der Waals surface area contributed by atoms with E-state index < -0.39 is 0 Å². The minimum atomic E-state index is 0.0254. The van der Waals surface area contributed by atoms with Crippen LogP contribution in [0.15, 0.2) is 24.3 Å². The second-order valence-electron chi connectivity index (χ2n) is 5.59. The molecule has 0 aliphatic carbocycles. The van der Waals surface area contributed by atoms with E-state index >= 15 is 0 Å². The zero-order valence-electron chi connectivity index (χ0n) is 12.1. The van der Waals surface area contributed by atoms with E-state index in [9.17, 15) is 4.79 Å². The summed E-state index contributed by atoms with van der Waals surface area (Å²) in [4.78, 5) is 14.2. The van der Waals surface area contributed by atoms with Crippen LogP contribution in [0.1, 0.15) is 50.8 Å². The first-order chi connectivity index (χ1) is 9.06. The van der Waals surface area contributed by atoms with E-state index in [4.69, 9.17) is 5.73 Å². The molecule has 1 saturated heterocycles. The number of likely N-dealkylation sites (tertiary alicyclic amines) is 1. The maximum Gasteiger partial charge on any atom is 0.223 e. The zero-order chi connectivity index (χ0) is 14.0. The minimum absolute atomic E-state index is 0.0254. The number of rotatable bonds is 3. The molecule has 1 aromatic carbocycles. The Labute approximate surface area is 115 Å². The Morgan fingerprint density at radius 2 is 2.05 bits per heavy atom. The van der Waals surface area contributed by atoms with Crippen molar-refractivity contribution in [2.24, 2.45) is 5.73 Å². The number of hydrogen-bond acceptors (Lipinski definition) is 2. The van der Waals surface area contributed by atoms with Gasteiger partial charge in [0.25, 0.3) is 0 Å². The van der Waals surface area contributed by atoms with Gasteiger partial charge in [-0.15, -0.1) is 0 Å². The van der Waals surface area contributed by atoms with Gasteiger partial charge >= 0.3 is 0 Å². The van der Waals surface area contributed by atoms with Crippen molar-refractivity contribution in [1.29, 1.82) is 0 Å². The maximum atomic E-state index is 12.2. The Kier molecular flexibility index (Phi) is 4.25. The van der Waals surface area contributed by atoms with Gasteiger partial charge in [0, 0.05) is 18.5 Å². The summed E-state index contributed by atoms with van der Waals surface area (Å²) in [5, 5.41) is 0. The van der Waals surface area contributed by atoms with Gasteiger partial charge in [-0.1, -0.05) is 31.2 Å². The molecule has 1 fully saturated rings. The Hall–Kier alpha value is -1.35. The summed E-state index contributed by atoms with van der Waals surface area (Å²) in [6, 6.07) is 8.60. The van der Waals surface area contributed by atoms with Crippen LogP contribution in [0.5, 0.6) is 0 Å². The smallest absolute Gasteiger partial charge is 0.223 e. The molecule has 0 radical (unpaired) electrons. The number of aryl methyl sites for hydroxylation is 1. The van der Waals surface area contributed by atoms with Gasteiger partial charge in [0.15, 0.2) is 0 Å². The molecule has 0 bridgehead atoms. The lowest BCUT2D eigenvalue weighted by Gasteiger charge is -2.43. The molecule has 2 unspecified atom stereocenters. The lowest BCUT2D eigenvalue weighted by molar-refractivity contribution is -0.139. The molecule has 2 atom stereocenters. The Bertz CT molecular complexity index is 456. The van der Waals surface area contributed by atoms with Crippen molar-refractivity contribution >= 4 is 5.91 Å². The molecule has 1 aliphatic heterocycles. The Morgan fingerprint density at radius 3 is 2.68 bits per heavy atom. The number of hydrogen-bond donors (Lipinski definition) is 1. The summed E-state index contributed by atoms with van der Waals surface area (Å²) in [7, 11) is 0. The van der Waals surface area contributed by atoms with E-state index in [1.54, 1.807) is 0 Å². The van der Waals surface area contributed by atoms with Gasteiger partial charge in [-0.3, -0.25) is 4.79 Å². The van der Waals surface area contributed by atoms with Gasteiger partial charge in [-0.25, -0.2) is 0 Å². The number of carbonyl (C=O) groups excluding carboxylic acids is 1. The molecule has 0 aromatic heterocycles. The van der Waals surface area contributed by atoms with Crippen LogP contribution in [0.3, 0.4) is 0 Å². The number of nitrogens with zero attached hydrogens (tertiary/aromatic N) is 1. The van der Waals surface area contributed by atoms with Gasteiger partial charge < -0.3 is 10.6 Å². The molecular formula is C16H24N2O. The van der Waals surface area contributed by atoms with Gasteiger partial charge in [0.2, 0.25) is 5.91 Å². The molecule has 2 N–H and O–H groups in total. The van der Waals surface area contributed by atoms with Gasteiger partial charge in [-0.2, -0.15) is 0 Å². The number of piperidine rings is 1. The van der Waals surface area contributed by atoms with Gasteiger partial charge in [0.1, 0.15) is 0 Å². The molecule has 3 nitrogen and oxygen atoms in total. The van der Waals surface area contributed by atoms with Crippen LogP contribution in [0.2, 0.25) is 0 Å². The molecule has 0 saturated carbocycles. The molecule has 1 amide bonds. The average molecular weight is 260 g/mol. The van der Waals surface area contributed by atoms with Crippen molar-refractivity contribution in [1.82, 2.24) is 4.90 Å². The number of carbonyl (C=O) groups is 1. The normalized spacial score (nSPS) is 24.1. The third-order valence-corrected chi connectivity index (χ3v) is 4.00. The molecule has 1 heterocycles. The quantitative estimate of drug-likeness (QED) is 0.908. The van der Waals surface area contributed by atoms with Crippen LogP contribution < -0.4 is 5.73 Å². The second-order valence-corrected chi connectivity index (χ2v) is 5.59. The molecule has 2 rings (SSSR count). The largest absolute Gasteiger partial charge is 0.332 e. The Morgan fingerprint density at radius 1 is 1.37 bits per heavy atom. The van der Waals surface area contributed by atoms with Crippen molar-refractivity contribution in [2.45, 2.75) is 58.2 Å². The first kappa shape index (κ1) is 14.1. The van der Waals surface area contributed by atoms with Crippen molar-refractivity contribution in [2.75, 3.05) is 0 Å². The lowest BCUT2D eigenvalue weighted by atomic mass is 9.86. The van der Waals surface area contributed by atoms with Crippen LogP contribution in [0, 0.1) is 0 Å². The number of amides is 1. The van der Waals surface area contributed by atoms with Crippen LogP contribution in [-0.4, -0.2) is 22.9 Å². The fourth-order valence-electron chi connectivity index (χ4n) is 3.07. The highest BCUT2D eigenvalue weighted by atomic mass is 16.2. The van der Waals surface area contributed by atoms with Gasteiger partial charge in [0.05, 0.1) is 6.04 Å². The summed E-state index contributed by atoms with van der Waals surface area (Å²) < 4.78 is 0. The van der Waals surface area contributed by atoms with E-state index in [1.807, 2.05) is 11.0 Å². The zero-order valence-corrected chi connectivity index (χ0v) is 12.1. The molecule has 19 heavy (non-hydrogen) atoms. The first-order valence-corrected chi connectivity index (χ1v) is 7.20. The highest BCUT2D eigenvalue weighted by molar-refractivity contribution is 5.78. The van der Waals surface area contributed by atoms with E-state index in [2.05, 4.69) is 39.0 Å². The summed E-state index contributed by atoms with van der Waals surface area (Å²) in [5.74, 6) is 0.229. The standard InChI is InChI=1S/C16H24N2O/c1-4-12-7-5-6-8-13(12)16-14(17)9-10-15(19)18(16)11(2)3/h5-8,11,14,16H,4,9-10,17H2,1-3H3.